The zero-order chi connectivity index (χ0) is 12.0. The lowest BCUT2D eigenvalue weighted by Gasteiger charge is -2.24. The highest BCUT2D eigenvalue weighted by Gasteiger charge is 2.21. The number of aryl methyl sites for hydroxylation is 1. The third-order valence-corrected chi connectivity index (χ3v) is 2.49. The van der Waals surface area contributed by atoms with E-state index < -0.39 is 5.41 Å². The first-order chi connectivity index (χ1) is 7.59. The van der Waals surface area contributed by atoms with E-state index in [1.165, 1.54) is 0 Å². The van der Waals surface area contributed by atoms with E-state index in [-0.39, 0.29) is 13.2 Å². The van der Waals surface area contributed by atoms with Crippen LogP contribution in [0.5, 0.6) is 0 Å². The maximum Gasteiger partial charge on any atom is 0.151 e. The van der Waals surface area contributed by atoms with E-state index >= 15 is 0 Å². The molecule has 0 saturated heterocycles. The summed E-state index contributed by atoms with van der Waals surface area (Å²) in [5.41, 5.74) is -0.461. The van der Waals surface area contributed by atoms with Gasteiger partial charge in [0.15, 0.2) is 5.82 Å². The minimum Gasteiger partial charge on any atom is -0.396 e. The number of aliphatic hydroxyl groups is 2. The van der Waals surface area contributed by atoms with Crippen LogP contribution in [0.4, 0.5) is 0 Å². The molecule has 1 aromatic heterocycles. The van der Waals surface area contributed by atoms with Crippen LogP contribution in [-0.2, 0) is 13.5 Å². The molecule has 92 valence electrons. The average molecular weight is 228 g/mol. The predicted octanol–water partition coefficient (Wildman–Crippen LogP) is -1.06. The number of aliphatic hydroxyl groups excluding tert-OH is 2. The molecule has 0 spiro atoms. The van der Waals surface area contributed by atoms with E-state index in [1.54, 1.807) is 11.0 Å². The molecular formula is C10H20N4O2. The summed E-state index contributed by atoms with van der Waals surface area (Å²) in [6, 6.07) is 0. The lowest BCUT2D eigenvalue weighted by molar-refractivity contribution is 0.0700. The summed E-state index contributed by atoms with van der Waals surface area (Å²) in [7, 11) is 1.83. The fraction of sp³-hybridized carbons (Fsp3) is 0.800. The molecule has 0 radical (unpaired) electrons. The maximum absolute atomic E-state index is 9.08. The van der Waals surface area contributed by atoms with Gasteiger partial charge in [-0.25, -0.2) is 4.98 Å². The van der Waals surface area contributed by atoms with Gasteiger partial charge in [-0.05, 0) is 0 Å². The van der Waals surface area contributed by atoms with Gasteiger partial charge in [-0.1, -0.05) is 6.92 Å². The van der Waals surface area contributed by atoms with E-state index in [4.69, 9.17) is 10.2 Å². The lowest BCUT2D eigenvalue weighted by atomic mass is 9.93. The minimum absolute atomic E-state index is 0.0294. The van der Waals surface area contributed by atoms with Gasteiger partial charge in [-0.2, -0.15) is 5.10 Å². The molecule has 0 bridgehead atoms. The number of hydrogen-bond acceptors (Lipinski definition) is 5. The summed E-state index contributed by atoms with van der Waals surface area (Å²) in [5, 5.41) is 25.5. The van der Waals surface area contributed by atoms with Gasteiger partial charge in [-0.15, -0.1) is 0 Å². The van der Waals surface area contributed by atoms with E-state index in [0.29, 0.717) is 6.54 Å². The number of aromatic nitrogens is 3. The zero-order valence-electron chi connectivity index (χ0n) is 9.85. The van der Waals surface area contributed by atoms with Crippen molar-refractivity contribution in [1.29, 1.82) is 0 Å². The molecule has 6 nitrogen and oxygen atoms in total. The summed E-state index contributed by atoms with van der Waals surface area (Å²) in [4.78, 5) is 4.10. The van der Waals surface area contributed by atoms with Crippen LogP contribution >= 0.6 is 0 Å². The number of rotatable bonds is 7. The summed E-state index contributed by atoms with van der Waals surface area (Å²) in [5.74, 6) is 0.796. The van der Waals surface area contributed by atoms with Crippen molar-refractivity contribution in [1.82, 2.24) is 20.1 Å². The van der Waals surface area contributed by atoms with Crippen molar-refractivity contribution >= 4 is 0 Å². The van der Waals surface area contributed by atoms with E-state index in [2.05, 4.69) is 15.4 Å². The number of hydrogen-bond donors (Lipinski definition) is 3. The van der Waals surface area contributed by atoms with Crippen molar-refractivity contribution in [2.75, 3.05) is 26.3 Å². The highest BCUT2D eigenvalue weighted by Crippen LogP contribution is 2.11. The van der Waals surface area contributed by atoms with Gasteiger partial charge < -0.3 is 15.5 Å². The minimum atomic E-state index is -0.461. The van der Waals surface area contributed by atoms with Crippen LogP contribution in [0, 0.1) is 5.41 Å². The topological polar surface area (TPSA) is 83.2 Å². The van der Waals surface area contributed by atoms with Gasteiger partial charge >= 0.3 is 0 Å². The molecule has 6 heteroatoms. The van der Waals surface area contributed by atoms with Crippen LogP contribution in [0.3, 0.4) is 0 Å². The second-order valence-corrected chi connectivity index (χ2v) is 4.39. The molecule has 3 N–H and O–H groups in total. The van der Waals surface area contributed by atoms with E-state index in [0.717, 1.165) is 18.8 Å². The Bertz CT molecular complexity index is 310. The Morgan fingerprint density at radius 1 is 1.44 bits per heavy atom. The number of nitrogens with zero attached hydrogens (tertiary/aromatic N) is 3. The molecule has 1 heterocycles. The molecule has 0 saturated carbocycles. The smallest absolute Gasteiger partial charge is 0.151 e. The first-order valence-electron chi connectivity index (χ1n) is 5.36. The highest BCUT2D eigenvalue weighted by molar-refractivity contribution is 4.83. The first kappa shape index (κ1) is 13.1. The summed E-state index contributed by atoms with van der Waals surface area (Å²) in [6.07, 6.45) is 2.41. The maximum atomic E-state index is 9.08. The summed E-state index contributed by atoms with van der Waals surface area (Å²) in [6.45, 7) is 3.09. The van der Waals surface area contributed by atoms with Crippen molar-refractivity contribution in [2.45, 2.75) is 13.3 Å². The van der Waals surface area contributed by atoms with Crippen molar-refractivity contribution in [3.63, 3.8) is 0 Å². The molecule has 0 unspecified atom stereocenters. The van der Waals surface area contributed by atoms with Gasteiger partial charge in [0.05, 0.1) is 13.2 Å². The zero-order valence-corrected chi connectivity index (χ0v) is 9.85. The average Bonchev–Trinajstić information content (AvgIpc) is 2.70. The molecule has 1 aromatic rings. The third-order valence-electron chi connectivity index (χ3n) is 2.49. The standard InChI is InChI=1S/C10H20N4O2/c1-10(6-15,7-16)5-11-4-3-9-12-8-14(2)13-9/h8,11,15-16H,3-7H2,1-2H3. The van der Waals surface area contributed by atoms with Crippen LogP contribution < -0.4 is 5.32 Å². The predicted molar refractivity (Wildman–Crippen MR) is 59.9 cm³/mol. The Morgan fingerprint density at radius 2 is 2.12 bits per heavy atom. The molecule has 0 aliphatic carbocycles. The van der Waals surface area contributed by atoms with Gasteiger partial charge in [0.25, 0.3) is 0 Å². The fourth-order valence-electron chi connectivity index (χ4n) is 1.25. The van der Waals surface area contributed by atoms with Crippen molar-refractivity contribution in [3.05, 3.63) is 12.2 Å². The second kappa shape index (κ2) is 5.93. The van der Waals surface area contributed by atoms with Crippen LogP contribution in [0.2, 0.25) is 0 Å². The molecule has 0 aliphatic rings. The molecule has 0 amide bonds. The van der Waals surface area contributed by atoms with Crippen LogP contribution in [0.15, 0.2) is 6.33 Å². The Balaban J connectivity index is 2.21. The van der Waals surface area contributed by atoms with Gasteiger partial charge in [0, 0.05) is 32.0 Å². The Morgan fingerprint density at radius 3 is 2.62 bits per heavy atom. The third kappa shape index (κ3) is 3.88. The largest absolute Gasteiger partial charge is 0.396 e. The number of nitrogens with one attached hydrogen (secondary N) is 1. The van der Waals surface area contributed by atoms with Crippen LogP contribution in [-0.4, -0.2) is 51.3 Å². The lowest BCUT2D eigenvalue weighted by Crippen LogP contribution is -2.38. The van der Waals surface area contributed by atoms with Gasteiger partial charge in [0.1, 0.15) is 6.33 Å². The highest BCUT2D eigenvalue weighted by atomic mass is 16.3. The first-order valence-corrected chi connectivity index (χ1v) is 5.36. The molecule has 0 atom stereocenters. The van der Waals surface area contributed by atoms with Gasteiger partial charge in [-0.3, -0.25) is 4.68 Å². The molecular weight excluding hydrogens is 208 g/mol. The van der Waals surface area contributed by atoms with Crippen molar-refractivity contribution < 1.29 is 10.2 Å². The SMILES string of the molecule is Cn1cnc(CCNCC(C)(CO)CO)n1. The Labute approximate surface area is 95.3 Å². The Kier molecular flexibility index (Phi) is 4.85. The molecule has 0 aromatic carbocycles. The fourth-order valence-corrected chi connectivity index (χ4v) is 1.25. The van der Waals surface area contributed by atoms with E-state index in [1.807, 2.05) is 14.0 Å². The van der Waals surface area contributed by atoms with Gasteiger partial charge in [0.2, 0.25) is 0 Å². The molecule has 1 rings (SSSR count). The quantitative estimate of drug-likeness (QED) is 0.518. The monoisotopic (exact) mass is 228 g/mol. The Hall–Kier alpha value is -0.980. The summed E-state index contributed by atoms with van der Waals surface area (Å²) >= 11 is 0. The van der Waals surface area contributed by atoms with Crippen LogP contribution in [0.25, 0.3) is 0 Å². The van der Waals surface area contributed by atoms with Crippen LogP contribution in [0.1, 0.15) is 12.7 Å². The molecule has 0 fully saturated rings. The summed E-state index contributed by atoms with van der Waals surface area (Å²) < 4.78 is 1.67. The second-order valence-electron chi connectivity index (χ2n) is 4.39. The van der Waals surface area contributed by atoms with Crippen molar-refractivity contribution in [2.24, 2.45) is 12.5 Å². The normalized spacial score (nSPS) is 12.0. The van der Waals surface area contributed by atoms with Crippen molar-refractivity contribution in [3.8, 4) is 0 Å². The molecule has 0 aliphatic heterocycles. The molecule has 16 heavy (non-hydrogen) atoms. The van der Waals surface area contributed by atoms with E-state index in [9.17, 15) is 0 Å².